The second kappa shape index (κ2) is 10.2. The van der Waals surface area contributed by atoms with Gasteiger partial charge in [0.25, 0.3) is 5.56 Å². The quantitative estimate of drug-likeness (QED) is 0.376. The Bertz CT molecular complexity index is 1330. The van der Waals surface area contributed by atoms with Gasteiger partial charge >= 0.3 is 5.97 Å². The summed E-state index contributed by atoms with van der Waals surface area (Å²) in [5.74, 6) is 1.31. The largest absolute Gasteiger partial charge is 0.463 e. The highest BCUT2D eigenvalue weighted by atomic mass is 32.1. The van der Waals surface area contributed by atoms with Crippen molar-refractivity contribution >= 4 is 30.0 Å². The lowest BCUT2D eigenvalue weighted by molar-refractivity contribution is -0.139. The molecule has 33 heavy (non-hydrogen) atoms. The molecule has 0 fully saturated rings. The van der Waals surface area contributed by atoms with Crippen LogP contribution in [0.3, 0.4) is 0 Å². The molecule has 0 N–H and O–H groups in total. The highest BCUT2D eigenvalue weighted by molar-refractivity contribution is 7.07. The van der Waals surface area contributed by atoms with E-state index in [1.165, 1.54) is 16.9 Å². The lowest BCUT2D eigenvalue weighted by atomic mass is 9.92. The van der Waals surface area contributed by atoms with Gasteiger partial charge in [0.05, 0.1) is 27.4 Å². The molecule has 0 bridgehead atoms. The number of carbonyl (C=O) groups excluding carboxylic acids is 1. The zero-order valence-corrected chi connectivity index (χ0v) is 20.9. The molecule has 6 heteroatoms. The fraction of sp³-hybridized carbons (Fsp3) is 0.333. The predicted octanol–water partition coefficient (Wildman–Crippen LogP) is 4.66. The third-order valence-electron chi connectivity index (χ3n) is 5.45. The van der Waals surface area contributed by atoms with Gasteiger partial charge in [-0.05, 0) is 56.9 Å². The van der Waals surface area contributed by atoms with E-state index < -0.39 is 12.0 Å². The van der Waals surface area contributed by atoms with Gasteiger partial charge in [-0.25, -0.2) is 4.79 Å². The number of carbonyl (C=O) groups is 1. The molecule has 3 aromatic rings. The highest BCUT2D eigenvalue weighted by Crippen LogP contribution is 2.29. The van der Waals surface area contributed by atoms with Crippen molar-refractivity contribution < 1.29 is 13.9 Å². The Morgan fingerprint density at radius 3 is 2.30 bits per heavy atom. The molecule has 1 unspecified atom stereocenters. The van der Waals surface area contributed by atoms with Crippen LogP contribution < -0.4 is 14.8 Å². The maximum atomic E-state index is 13.6. The second-order valence-electron chi connectivity index (χ2n) is 8.49. The van der Waals surface area contributed by atoms with E-state index in [9.17, 15) is 9.59 Å². The number of hydrogen-bond donors (Lipinski definition) is 0. The molecule has 2 aromatic heterocycles. The number of esters is 1. The number of benzene rings is 1. The summed E-state index contributed by atoms with van der Waals surface area (Å²) in [4.78, 5) is 26.6. The minimum atomic E-state index is -0.646. The second-order valence-corrected chi connectivity index (χ2v) is 9.60. The summed E-state index contributed by atoms with van der Waals surface area (Å²) in [6.07, 6.45) is 1.72. The first-order valence-corrected chi connectivity index (χ1v) is 11.9. The van der Waals surface area contributed by atoms with Gasteiger partial charge in [-0.3, -0.25) is 9.36 Å². The van der Waals surface area contributed by atoms with Crippen LogP contribution in [0.2, 0.25) is 0 Å². The van der Waals surface area contributed by atoms with Gasteiger partial charge < -0.3 is 9.15 Å². The Hall–Kier alpha value is -3.12. The van der Waals surface area contributed by atoms with Crippen molar-refractivity contribution in [3.8, 4) is 0 Å². The molecule has 0 radical (unpaired) electrons. The normalized spacial score (nSPS) is 12.8. The summed E-state index contributed by atoms with van der Waals surface area (Å²) in [6.45, 7) is 16.0. The van der Waals surface area contributed by atoms with Crippen molar-refractivity contribution in [3.05, 3.63) is 89.7 Å². The van der Waals surface area contributed by atoms with Crippen molar-refractivity contribution in [2.75, 3.05) is 6.61 Å². The van der Waals surface area contributed by atoms with Crippen LogP contribution in [0.25, 0.3) is 12.7 Å². The third kappa shape index (κ3) is 5.28. The minimum absolute atomic E-state index is 0.222. The third-order valence-corrected chi connectivity index (χ3v) is 6.39. The van der Waals surface area contributed by atoms with Crippen molar-refractivity contribution in [3.63, 3.8) is 0 Å². The van der Waals surface area contributed by atoms with E-state index in [1.54, 1.807) is 17.6 Å². The number of ether oxygens (including phenoxy) is 1. The van der Waals surface area contributed by atoms with Gasteiger partial charge in [0.2, 0.25) is 0 Å². The molecule has 0 aliphatic heterocycles. The zero-order valence-electron chi connectivity index (χ0n) is 20.1. The molecule has 0 aliphatic carbocycles. The van der Waals surface area contributed by atoms with Crippen LogP contribution in [0.4, 0.5) is 0 Å². The fourth-order valence-electron chi connectivity index (χ4n) is 3.77. The van der Waals surface area contributed by atoms with E-state index in [2.05, 4.69) is 20.4 Å². The average Bonchev–Trinajstić information content (AvgIpc) is 3.28. The van der Waals surface area contributed by atoms with E-state index in [0.717, 1.165) is 16.9 Å². The molecule has 0 spiro atoms. The Morgan fingerprint density at radius 1 is 1.15 bits per heavy atom. The van der Waals surface area contributed by atoms with Crippen molar-refractivity contribution in [2.45, 2.75) is 53.5 Å². The van der Waals surface area contributed by atoms with Gasteiger partial charge in [0, 0.05) is 6.08 Å². The van der Waals surface area contributed by atoms with E-state index >= 15 is 0 Å². The van der Waals surface area contributed by atoms with Gasteiger partial charge in [-0.1, -0.05) is 50.3 Å². The smallest absolute Gasteiger partial charge is 0.336 e. The average molecular weight is 466 g/mol. The highest BCUT2D eigenvalue weighted by Gasteiger charge is 2.29. The number of hydrogen-bond acceptors (Lipinski definition) is 5. The molecule has 0 saturated heterocycles. The van der Waals surface area contributed by atoms with E-state index in [0.29, 0.717) is 26.4 Å². The Kier molecular flexibility index (Phi) is 7.59. The van der Waals surface area contributed by atoms with E-state index in [-0.39, 0.29) is 12.2 Å². The Labute approximate surface area is 198 Å². The minimum Gasteiger partial charge on any atom is -0.463 e. The van der Waals surface area contributed by atoms with E-state index in [4.69, 9.17) is 9.15 Å². The van der Waals surface area contributed by atoms with Gasteiger partial charge in [0.15, 0.2) is 0 Å². The maximum Gasteiger partial charge on any atom is 0.336 e. The number of rotatable bonds is 7. The molecule has 5 nitrogen and oxygen atoms in total. The van der Waals surface area contributed by atoms with Gasteiger partial charge in [0.1, 0.15) is 11.5 Å². The maximum absolute atomic E-state index is 13.6. The monoisotopic (exact) mass is 465 g/mol. The first-order chi connectivity index (χ1) is 15.6. The van der Waals surface area contributed by atoms with Crippen LogP contribution in [0.1, 0.15) is 69.2 Å². The summed E-state index contributed by atoms with van der Waals surface area (Å²) < 4.78 is 13.7. The van der Waals surface area contributed by atoms with Crippen LogP contribution in [0, 0.1) is 6.92 Å². The number of aryl methyl sites for hydroxylation is 1. The number of nitrogens with zero attached hydrogens (tertiary/aromatic N) is 1. The molecular weight excluding hydrogens is 434 g/mol. The number of aromatic nitrogens is 1. The molecule has 174 valence electrons. The zero-order chi connectivity index (χ0) is 24.3. The van der Waals surface area contributed by atoms with Crippen LogP contribution in [-0.4, -0.2) is 17.1 Å². The molecule has 0 amide bonds. The molecule has 1 atom stereocenters. The molecule has 0 saturated carbocycles. The van der Waals surface area contributed by atoms with E-state index in [1.807, 2.05) is 57.2 Å². The first kappa shape index (κ1) is 24.5. The number of furan rings is 1. The lowest BCUT2D eigenvalue weighted by Gasteiger charge is -2.23. The predicted molar refractivity (Wildman–Crippen MR) is 134 cm³/mol. The SMILES string of the molecule is C=c1s/c(=C/c2ccc(C)o2)c(=O)n1C(C(C(=O)OCC)=C(C)C)c1ccc(C(C)C)cc1. The summed E-state index contributed by atoms with van der Waals surface area (Å²) in [5.41, 5.74) is 3.02. The van der Waals surface area contributed by atoms with Crippen LogP contribution in [-0.2, 0) is 9.53 Å². The van der Waals surface area contributed by atoms with Crippen molar-refractivity contribution in [2.24, 2.45) is 0 Å². The molecule has 3 rings (SSSR count). The summed E-state index contributed by atoms with van der Waals surface area (Å²) in [5, 5.41) is 0. The lowest BCUT2D eigenvalue weighted by Crippen LogP contribution is -2.37. The van der Waals surface area contributed by atoms with Crippen LogP contribution in [0.15, 0.2) is 56.8 Å². The Balaban J connectivity index is 2.27. The summed E-state index contributed by atoms with van der Waals surface area (Å²) >= 11 is 1.28. The summed E-state index contributed by atoms with van der Waals surface area (Å²) in [6, 6.07) is 11.1. The molecule has 0 aliphatic rings. The fourth-order valence-corrected chi connectivity index (χ4v) is 4.67. The topological polar surface area (TPSA) is 61.4 Å². The summed E-state index contributed by atoms with van der Waals surface area (Å²) in [7, 11) is 0. The molecule has 1 aromatic carbocycles. The van der Waals surface area contributed by atoms with Crippen molar-refractivity contribution in [1.29, 1.82) is 0 Å². The van der Waals surface area contributed by atoms with Gasteiger partial charge in [-0.15, -0.1) is 11.3 Å². The molecular formula is C27H31NO4S. The first-order valence-electron chi connectivity index (χ1n) is 11.1. The van der Waals surface area contributed by atoms with Gasteiger partial charge in [-0.2, -0.15) is 0 Å². The standard InChI is InChI=1S/C27H31NO4S/c1-8-31-27(30)24(17(4)5)25(21-12-10-20(11-13-21)16(2)3)28-19(7)33-23(26(28)29)15-22-14-9-18(6)32-22/h9-16,25H,7-8H2,1-6H3/b23-15+. The molecule has 2 heterocycles. The van der Waals surface area contributed by atoms with Crippen molar-refractivity contribution in [1.82, 2.24) is 4.57 Å². The number of allylic oxidation sites excluding steroid dienone is 1. The van der Waals surface area contributed by atoms with Crippen LogP contribution >= 0.6 is 11.3 Å². The Morgan fingerprint density at radius 2 is 1.79 bits per heavy atom. The van der Waals surface area contributed by atoms with Crippen LogP contribution in [0.5, 0.6) is 0 Å². The number of thiazole rings is 1.